The van der Waals surface area contributed by atoms with E-state index in [1.54, 1.807) is 48.4 Å². The third kappa shape index (κ3) is 3.85. The molecule has 8 nitrogen and oxygen atoms in total. The number of nitrogens with one attached hydrogen (secondary N) is 1. The molecule has 0 unspecified atom stereocenters. The van der Waals surface area contributed by atoms with Crippen molar-refractivity contribution in [1.29, 1.82) is 0 Å². The van der Waals surface area contributed by atoms with Crippen molar-refractivity contribution in [3.8, 4) is 11.5 Å². The largest absolute Gasteiger partial charge is 0.493 e. The molecule has 2 aliphatic heterocycles. The lowest BCUT2D eigenvalue weighted by atomic mass is 10.1. The fourth-order valence-electron chi connectivity index (χ4n) is 3.78. The highest BCUT2D eigenvalue weighted by Crippen LogP contribution is 2.31. The molecule has 1 N–H and O–H groups in total. The number of para-hydroxylation sites is 2. The Morgan fingerprint density at radius 2 is 1.90 bits per heavy atom. The smallest absolute Gasteiger partial charge is 0.285 e. The molecule has 1 amide bonds. The number of carbonyl (C=O) groups is 1. The highest BCUT2D eigenvalue weighted by molar-refractivity contribution is 7.90. The van der Waals surface area contributed by atoms with Crippen LogP contribution in [-0.2, 0) is 14.8 Å². The zero-order valence-corrected chi connectivity index (χ0v) is 17.4. The lowest BCUT2D eigenvalue weighted by molar-refractivity contribution is -0.124. The molecule has 0 spiro atoms. The van der Waals surface area contributed by atoms with Crippen molar-refractivity contribution in [3.05, 3.63) is 54.1 Å². The molecule has 30 heavy (non-hydrogen) atoms. The minimum atomic E-state index is -3.72. The standard InChI is InChI=1S/C21H23N3O5S/c1-28-17-9-3-4-10-18(17)29-14-12-22-21(25)16-8-6-13-24(16)20-15-7-2-5-11-19(15)30(26,27)23-20/h2-5,7,9-11,16H,6,8,12-14H2,1H3,(H,22,25)/t16-/m0/s1. The van der Waals surface area contributed by atoms with E-state index in [1.807, 2.05) is 12.1 Å². The van der Waals surface area contributed by atoms with Crippen LogP contribution in [0.25, 0.3) is 0 Å². The molecule has 0 saturated carbocycles. The van der Waals surface area contributed by atoms with Crippen LogP contribution < -0.4 is 14.8 Å². The van der Waals surface area contributed by atoms with Crippen molar-refractivity contribution in [2.24, 2.45) is 4.40 Å². The topological polar surface area (TPSA) is 97.3 Å². The molecule has 2 heterocycles. The number of fused-ring (bicyclic) bond motifs is 1. The summed E-state index contributed by atoms with van der Waals surface area (Å²) in [6.45, 7) is 1.19. The second-order valence-corrected chi connectivity index (χ2v) is 8.60. The van der Waals surface area contributed by atoms with Gasteiger partial charge in [0.2, 0.25) is 5.91 Å². The van der Waals surface area contributed by atoms with E-state index in [1.165, 1.54) is 0 Å². The van der Waals surface area contributed by atoms with Crippen molar-refractivity contribution >= 4 is 21.8 Å². The molecule has 4 rings (SSSR count). The summed E-state index contributed by atoms with van der Waals surface area (Å²) in [5.74, 6) is 1.43. The van der Waals surface area contributed by atoms with Gasteiger partial charge >= 0.3 is 0 Å². The van der Waals surface area contributed by atoms with E-state index in [0.717, 1.165) is 6.42 Å². The normalized spacial score (nSPS) is 19.2. The van der Waals surface area contributed by atoms with Gasteiger partial charge in [-0.25, -0.2) is 0 Å². The third-order valence-electron chi connectivity index (χ3n) is 5.17. The molecule has 2 aliphatic rings. The predicted octanol–water partition coefficient (Wildman–Crippen LogP) is 1.80. The summed E-state index contributed by atoms with van der Waals surface area (Å²) in [5.41, 5.74) is 0.553. The van der Waals surface area contributed by atoms with Crippen LogP contribution in [0.2, 0.25) is 0 Å². The highest BCUT2D eigenvalue weighted by atomic mass is 32.2. The first-order chi connectivity index (χ1) is 14.5. The Kier molecular flexibility index (Phi) is 5.63. The van der Waals surface area contributed by atoms with Crippen LogP contribution in [0.3, 0.4) is 0 Å². The molecule has 0 aromatic heterocycles. The van der Waals surface area contributed by atoms with Crippen LogP contribution in [0.5, 0.6) is 11.5 Å². The number of ether oxygens (including phenoxy) is 2. The number of methoxy groups -OCH3 is 1. The van der Waals surface area contributed by atoms with Crippen LogP contribution in [0.4, 0.5) is 0 Å². The zero-order valence-electron chi connectivity index (χ0n) is 16.6. The number of amides is 1. The number of nitrogens with zero attached hydrogens (tertiary/aromatic N) is 2. The van der Waals surface area contributed by atoms with Gasteiger partial charge in [0.25, 0.3) is 10.0 Å². The van der Waals surface area contributed by atoms with E-state index in [2.05, 4.69) is 9.71 Å². The molecular weight excluding hydrogens is 406 g/mol. The van der Waals surface area contributed by atoms with Crippen LogP contribution >= 0.6 is 0 Å². The molecule has 9 heteroatoms. The molecule has 1 atom stereocenters. The Hall–Kier alpha value is -3.07. The summed E-state index contributed by atoms with van der Waals surface area (Å²) in [6.07, 6.45) is 1.43. The van der Waals surface area contributed by atoms with E-state index in [9.17, 15) is 13.2 Å². The fourth-order valence-corrected chi connectivity index (χ4v) is 5.00. The van der Waals surface area contributed by atoms with Gasteiger partial charge in [0, 0.05) is 12.1 Å². The van der Waals surface area contributed by atoms with Crippen molar-refractivity contribution in [2.75, 3.05) is 26.8 Å². The Balaban J connectivity index is 1.39. The molecule has 0 aliphatic carbocycles. The molecule has 158 valence electrons. The predicted molar refractivity (Wildman–Crippen MR) is 111 cm³/mol. The Labute approximate surface area is 175 Å². The second kappa shape index (κ2) is 8.35. The van der Waals surface area contributed by atoms with E-state index >= 15 is 0 Å². The summed E-state index contributed by atoms with van der Waals surface area (Å²) in [4.78, 5) is 14.8. The molecule has 1 fully saturated rings. The lowest BCUT2D eigenvalue weighted by Crippen LogP contribution is -2.46. The lowest BCUT2D eigenvalue weighted by Gasteiger charge is -2.25. The molecule has 0 bridgehead atoms. The van der Waals surface area contributed by atoms with Gasteiger partial charge in [-0.3, -0.25) is 4.79 Å². The Bertz CT molecular complexity index is 1080. The van der Waals surface area contributed by atoms with E-state index < -0.39 is 16.1 Å². The number of rotatable bonds is 6. The summed E-state index contributed by atoms with van der Waals surface area (Å²) in [7, 11) is -2.14. The van der Waals surface area contributed by atoms with E-state index in [4.69, 9.17) is 9.47 Å². The first-order valence-corrected chi connectivity index (χ1v) is 11.2. The van der Waals surface area contributed by atoms with E-state index in [-0.39, 0.29) is 17.4 Å². The SMILES string of the molecule is COc1ccccc1OCCNC(=O)[C@@H]1CCCN1C1=NS(=O)(=O)c2ccccc21. The first kappa shape index (κ1) is 20.2. The highest BCUT2D eigenvalue weighted by Gasteiger charge is 2.39. The molecule has 2 aromatic rings. The van der Waals surface area contributed by atoms with E-state index in [0.29, 0.717) is 42.4 Å². The summed E-state index contributed by atoms with van der Waals surface area (Å²) in [6, 6.07) is 13.6. The van der Waals surface area contributed by atoms with Crippen LogP contribution in [0, 0.1) is 0 Å². The maximum atomic E-state index is 12.8. The monoisotopic (exact) mass is 429 g/mol. The van der Waals surface area contributed by atoms with Gasteiger partial charge in [0.1, 0.15) is 17.5 Å². The molecular formula is C21H23N3O5S. The average molecular weight is 429 g/mol. The number of hydrogen-bond acceptors (Lipinski definition) is 6. The van der Waals surface area contributed by atoms with Crippen LogP contribution in [0.1, 0.15) is 18.4 Å². The zero-order chi connectivity index (χ0) is 21.1. The molecule has 2 aromatic carbocycles. The fraction of sp³-hybridized carbons (Fsp3) is 0.333. The van der Waals surface area contributed by atoms with Crippen LogP contribution in [0.15, 0.2) is 57.8 Å². The number of sulfonamides is 1. The van der Waals surface area contributed by atoms with Gasteiger partial charge in [-0.1, -0.05) is 24.3 Å². The van der Waals surface area contributed by atoms with Gasteiger partial charge in [0.05, 0.1) is 13.7 Å². The van der Waals surface area contributed by atoms with Crippen molar-refractivity contribution in [3.63, 3.8) is 0 Å². The number of likely N-dealkylation sites (tertiary alicyclic amines) is 1. The number of carbonyl (C=O) groups excluding carboxylic acids is 1. The van der Waals surface area contributed by atoms with Crippen molar-refractivity contribution in [2.45, 2.75) is 23.8 Å². The maximum absolute atomic E-state index is 12.8. The third-order valence-corrected chi connectivity index (χ3v) is 6.49. The number of hydrogen-bond donors (Lipinski definition) is 1. The van der Waals surface area contributed by atoms with Gasteiger partial charge in [0.15, 0.2) is 17.3 Å². The van der Waals surface area contributed by atoms with Gasteiger partial charge in [-0.05, 0) is 37.1 Å². The quantitative estimate of drug-likeness (QED) is 0.704. The van der Waals surface area contributed by atoms with Crippen molar-refractivity contribution in [1.82, 2.24) is 10.2 Å². The minimum absolute atomic E-state index is 0.166. The summed E-state index contributed by atoms with van der Waals surface area (Å²) in [5, 5.41) is 2.88. The average Bonchev–Trinajstić information content (AvgIpc) is 3.34. The van der Waals surface area contributed by atoms with Crippen LogP contribution in [-0.4, -0.2) is 57.9 Å². The Morgan fingerprint density at radius 1 is 1.17 bits per heavy atom. The second-order valence-electron chi connectivity index (χ2n) is 7.03. The number of benzene rings is 2. The van der Waals surface area contributed by atoms with Crippen molar-refractivity contribution < 1.29 is 22.7 Å². The van der Waals surface area contributed by atoms with Gasteiger partial charge < -0.3 is 19.7 Å². The Morgan fingerprint density at radius 3 is 2.70 bits per heavy atom. The molecule has 0 radical (unpaired) electrons. The van der Waals surface area contributed by atoms with Gasteiger partial charge in [-0.2, -0.15) is 8.42 Å². The number of amidine groups is 1. The molecule has 1 saturated heterocycles. The maximum Gasteiger partial charge on any atom is 0.285 e. The van der Waals surface area contributed by atoms with Gasteiger partial charge in [-0.15, -0.1) is 4.40 Å². The first-order valence-electron chi connectivity index (χ1n) is 9.76. The summed E-state index contributed by atoms with van der Waals surface area (Å²) < 4.78 is 39.6. The summed E-state index contributed by atoms with van der Waals surface area (Å²) >= 11 is 0. The minimum Gasteiger partial charge on any atom is -0.493 e.